The molecule has 0 radical (unpaired) electrons. The maximum absolute atomic E-state index is 5.63. The Balaban J connectivity index is 1.64. The van der Waals surface area contributed by atoms with Crippen molar-refractivity contribution < 1.29 is 4.74 Å². The van der Waals surface area contributed by atoms with Gasteiger partial charge in [-0.15, -0.1) is 0 Å². The van der Waals surface area contributed by atoms with Gasteiger partial charge in [-0.1, -0.05) is 33.4 Å². The van der Waals surface area contributed by atoms with Gasteiger partial charge < -0.3 is 4.74 Å². The molecule has 3 aliphatic rings. The smallest absolute Gasteiger partial charge is 0.217 e. The number of ether oxygens (including phenoxy) is 1. The fourth-order valence-corrected chi connectivity index (χ4v) is 6.01. The Bertz CT molecular complexity index is 398. The molecular weight excluding hydrogens is 284 g/mol. The summed E-state index contributed by atoms with van der Waals surface area (Å²) in [7, 11) is 0. The van der Waals surface area contributed by atoms with Crippen molar-refractivity contribution in [3.63, 3.8) is 0 Å². The summed E-state index contributed by atoms with van der Waals surface area (Å²) in [6.45, 7) is 7.63. The predicted octanol–water partition coefficient (Wildman–Crippen LogP) is 5.24. The molecular formula is C17H28OS2. The summed E-state index contributed by atoms with van der Waals surface area (Å²) in [4.78, 5) is 0. The van der Waals surface area contributed by atoms with Crippen molar-refractivity contribution >= 4 is 29.2 Å². The largest absolute Gasteiger partial charge is 0.475 e. The Labute approximate surface area is 134 Å². The second-order valence-corrected chi connectivity index (χ2v) is 9.22. The number of thiol groups is 1. The Morgan fingerprint density at radius 3 is 2.20 bits per heavy atom. The van der Waals surface area contributed by atoms with E-state index in [2.05, 4.69) is 33.4 Å². The van der Waals surface area contributed by atoms with E-state index in [0.29, 0.717) is 21.3 Å². The van der Waals surface area contributed by atoms with Crippen molar-refractivity contribution in [1.29, 1.82) is 0 Å². The van der Waals surface area contributed by atoms with Crippen LogP contribution in [-0.2, 0) is 4.74 Å². The highest BCUT2D eigenvalue weighted by Gasteiger charge is 2.62. The average Bonchev–Trinajstić information content (AvgIpc) is 2.71. The number of thiocarbonyl (C=S) groups is 1. The maximum atomic E-state index is 5.63. The highest BCUT2D eigenvalue weighted by molar-refractivity contribution is 8.10. The van der Waals surface area contributed by atoms with Crippen LogP contribution in [0.3, 0.4) is 0 Å². The molecule has 3 rings (SSSR count). The van der Waals surface area contributed by atoms with Gasteiger partial charge in [0.2, 0.25) is 4.38 Å². The summed E-state index contributed by atoms with van der Waals surface area (Å²) in [6.07, 6.45) is 9.71. The van der Waals surface area contributed by atoms with Crippen LogP contribution in [0.2, 0.25) is 0 Å². The van der Waals surface area contributed by atoms with Crippen LogP contribution < -0.4 is 0 Å². The fourth-order valence-electron chi connectivity index (χ4n) is 5.73. The molecule has 3 atom stereocenters. The maximum Gasteiger partial charge on any atom is 0.217 e. The van der Waals surface area contributed by atoms with E-state index in [1.807, 2.05) is 0 Å². The first kappa shape index (κ1) is 15.1. The van der Waals surface area contributed by atoms with Crippen LogP contribution >= 0.6 is 24.8 Å². The quantitative estimate of drug-likeness (QED) is 0.551. The number of fused-ring (bicyclic) bond motifs is 2. The van der Waals surface area contributed by atoms with Crippen molar-refractivity contribution in [1.82, 2.24) is 0 Å². The molecule has 0 aliphatic heterocycles. The highest BCUT2D eigenvalue weighted by atomic mass is 32.1. The molecule has 3 fully saturated rings. The summed E-state index contributed by atoms with van der Waals surface area (Å²) in [6, 6.07) is 0. The van der Waals surface area contributed by atoms with Crippen LogP contribution in [0.1, 0.15) is 65.7 Å². The second kappa shape index (κ2) is 5.15. The Hall–Kier alpha value is 0.240. The second-order valence-electron chi connectivity index (χ2n) is 8.14. The first-order valence-corrected chi connectivity index (χ1v) is 9.09. The zero-order valence-electron chi connectivity index (χ0n) is 13.0. The van der Waals surface area contributed by atoms with Crippen molar-refractivity contribution in [2.75, 3.05) is 0 Å². The Morgan fingerprint density at radius 1 is 1.10 bits per heavy atom. The molecule has 0 aromatic rings. The normalized spacial score (nSPS) is 46.4. The molecule has 3 heteroatoms. The molecule has 3 aliphatic carbocycles. The molecule has 0 heterocycles. The molecule has 0 spiro atoms. The first-order valence-electron chi connectivity index (χ1n) is 8.24. The molecule has 2 bridgehead atoms. The van der Waals surface area contributed by atoms with Gasteiger partial charge >= 0.3 is 0 Å². The molecule has 0 amide bonds. The van der Waals surface area contributed by atoms with Gasteiger partial charge in [-0.25, -0.2) is 0 Å². The van der Waals surface area contributed by atoms with E-state index in [4.69, 9.17) is 17.0 Å². The third-order valence-electron chi connectivity index (χ3n) is 7.42. The van der Waals surface area contributed by atoms with Gasteiger partial charge in [-0.05, 0) is 85.7 Å². The number of hydrogen-bond acceptors (Lipinski definition) is 2. The van der Waals surface area contributed by atoms with E-state index in [0.717, 1.165) is 17.8 Å². The number of hydrogen-bond donors (Lipinski definition) is 1. The minimum absolute atomic E-state index is 0.329. The molecule has 0 saturated heterocycles. The zero-order chi connectivity index (χ0) is 14.5. The minimum Gasteiger partial charge on any atom is -0.475 e. The lowest BCUT2D eigenvalue weighted by atomic mass is 9.61. The minimum atomic E-state index is 0.329. The molecule has 3 unspecified atom stereocenters. The van der Waals surface area contributed by atoms with Crippen LogP contribution in [0.4, 0.5) is 0 Å². The third-order valence-corrected chi connectivity index (χ3v) is 7.62. The lowest BCUT2D eigenvalue weighted by Gasteiger charge is -2.44. The van der Waals surface area contributed by atoms with E-state index in [9.17, 15) is 0 Å². The predicted molar refractivity (Wildman–Crippen MR) is 91.1 cm³/mol. The molecule has 3 saturated carbocycles. The lowest BCUT2D eigenvalue weighted by Crippen LogP contribution is -2.38. The molecule has 0 aromatic heterocycles. The summed E-state index contributed by atoms with van der Waals surface area (Å²) in [5.74, 6) is 2.83. The first-order chi connectivity index (χ1) is 9.34. The van der Waals surface area contributed by atoms with Crippen molar-refractivity contribution in [3.8, 4) is 0 Å². The van der Waals surface area contributed by atoms with Crippen LogP contribution in [0.25, 0.3) is 0 Å². The molecule has 20 heavy (non-hydrogen) atoms. The summed E-state index contributed by atoms with van der Waals surface area (Å²) in [5.41, 5.74) is 1.13. The molecule has 114 valence electrons. The monoisotopic (exact) mass is 312 g/mol. The third kappa shape index (κ3) is 2.24. The summed E-state index contributed by atoms with van der Waals surface area (Å²) < 4.78 is 6.04. The van der Waals surface area contributed by atoms with Gasteiger partial charge in [-0.2, -0.15) is 0 Å². The van der Waals surface area contributed by atoms with E-state index < -0.39 is 0 Å². The summed E-state index contributed by atoms with van der Waals surface area (Å²) >= 11 is 9.04. The molecule has 1 nitrogen and oxygen atoms in total. The van der Waals surface area contributed by atoms with Gasteiger partial charge in [0.1, 0.15) is 6.10 Å². The van der Waals surface area contributed by atoms with Gasteiger partial charge in [-0.3, -0.25) is 0 Å². The highest BCUT2D eigenvalue weighted by Crippen LogP contribution is 2.70. The number of rotatable bonds is 2. The van der Waals surface area contributed by atoms with Gasteiger partial charge in [0, 0.05) is 0 Å². The van der Waals surface area contributed by atoms with E-state index >= 15 is 0 Å². The van der Waals surface area contributed by atoms with E-state index in [-0.39, 0.29) is 0 Å². The fraction of sp³-hybridized carbons (Fsp3) is 0.941. The average molecular weight is 313 g/mol. The van der Waals surface area contributed by atoms with Crippen LogP contribution in [0.5, 0.6) is 0 Å². The molecule has 0 aromatic carbocycles. The van der Waals surface area contributed by atoms with Crippen molar-refractivity contribution in [2.24, 2.45) is 28.6 Å². The molecule has 0 N–H and O–H groups in total. The van der Waals surface area contributed by atoms with Crippen molar-refractivity contribution in [3.05, 3.63) is 0 Å². The van der Waals surface area contributed by atoms with Gasteiger partial charge in [0.25, 0.3) is 0 Å². The van der Waals surface area contributed by atoms with E-state index in [1.165, 1.54) is 44.9 Å². The zero-order valence-corrected chi connectivity index (χ0v) is 14.7. The van der Waals surface area contributed by atoms with Crippen molar-refractivity contribution in [2.45, 2.75) is 71.8 Å². The summed E-state index contributed by atoms with van der Waals surface area (Å²) in [5, 5.41) is 0. The van der Waals surface area contributed by atoms with Gasteiger partial charge in [0.05, 0.1) is 0 Å². The SMILES string of the molecule is CC1(C)C2CCC1(C)C(C1CCC(OC(=S)S)CC1)C2. The van der Waals surface area contributed by atoms with Crippen LogP contribution in [-0.4, -0.2) is 10.5 Å². The lowest BCUT2D eigenvalue weighted by molar-refractivity contribution is 0.0313. The van der Waals surface area contributed by atoms with Crippen LogP contribution in [0.15, 0.2) is 0 Å². The Morgan fingerprint density at radius 2 is 1.75 bits per heavy atom. The van der Waals surface area contributed by atoms with E-state index in [1.54, 1.807) is 0 Å². The standard InChI is InChI=1S/C17H28OS2/c1-16(2)12-8-9-17(16,3)14(10-12)11-4-6-13(7-5-11)18-15(19)20/h11-14H,4-10H2,1-3H3,(H,19,20). The topological polar surface area (TPSA) is 9.23 Å². The van der Waals surface area contributed by atoms with Crippen LogP contribution in [0, 0.1) is 28.6 Å². The van der Waals surface area contributed by atoms with Gasteiger partial charge in [0.15, 0.2) is 0 Å². The Kier molecular flexibility index (Phi) is 3.90.